The summed E-state index contributed by atoms with van der Waals surface area (Å²) < 4.78 is 12.5. The first-order valence-corrected chi connectivity index (χ1v) is 24.0. The van der Waals surface area contributed by atoms with E-state index in [9.17, 15) is 10.2 Å². The number of unbranched alkanes of at least 4 members (excludes halogenated alkanes) is 9. The first-order valence-electron chi connectivity index (χ1n) is 24.0. The second kappa shape index (κ2) is 19.2. The maximum absolute atomic E-state index is 10.2. The maximum atomic E-state index is 10.2. The number of hydrogen-bond acceptors (Lipinski definition) is 4. The average molecular weight is 867 g/mol. The van der Waals surface area contributed by atoms with E-state index in [0.29, 0.717) is 0 Å². The molecule has 8 aromatic carbocycles. The minimum absolute atomic E-state index is 0.270. The molecule has 0 aliphatic heterocycles. The van der Waals surface area contributed by atoms with Gasteiger partial charge in [-0.25, -0.2) is 0 Å². The van der Waals surface area contributed by atoms with Crippen molar-refractivity contribution in [3.05, 3.63) is 239 Å². The van der Waals surface area contributed by atoms with E-state index in [0.717, 1.165) is 48.7 Å². The monoisotopic (exact) mass is 866 g/mol. The van der Waals surface area contributed by atoms with Gasteiger partial charge in [-0.1, -0.05) is 197 Å². The van der Waals surface area contributed by atoms with Crippen LogP contribution in [0.1, 0.15) is 109 Å². The number of phenolic OH excluding ortho intramolecular Hbond substituents is 2. The van der Waals surface area contributed by atoms with Crippen molar-refractivity contribution < 1.29 is 19.7 Å². The van der Waals surface area contributed by atoms with Gasteiger partial charge in [0.05, 0.1) is 24.0 Å². The predicted octanol–water partition coefficient (Wildman–Crippen LogP) is 15.2. The zero-order valence-electron chi connectivity index (χ0n) is 37.7. The topological polar surface area (TPSA) is 58.9 Å². The van der Waals surface area contributed by atoms with E-state index in [1.807, 2.05) is 0 Å². The van der Waals surface area contributed by atoms with Crippen molar-refractivity contribution in [2.24, 2.45) is 0 Å². The minimum Gasteiger partial charge on any atom is -0.508 e. The van der Waals surface area contributed by atoms with E-state index in [1.54, 1.807) is 24.3 Å². The quantitative estimate of drug-likeness (QED) is 0.0795. The highest BCUT2D eigenvalue weighted by atomic mass is 16.5. The highest BCUT2D eigenvalue weighted by Gasteiger charge is 2.47. The van der Waals surface area contributed by atoms with Gasteiger partial charge in [0.2, 0.25) is 0 Å². The van der Waals surface area contributed by atoms with E-state index in [1.165, 1.54) is 107 Å². The summed E-state index contributed by atoms with van der Waals surface area (Å²) in [6.45, 7) is 1.45. The Morgan fingerprint density at radius 3 is 0.803 bits per heavy atom. The third-order valence-corrected chi connectivity index (χ3v) is 14.2. The number of hydrogen-bond donors (Lipinski definition) is 2. The molecule has 0 heterocycles. The molecule has 330 valence electrons. The summed E-state index contributed by atoms with van der Waals surface area (Å²) in [6, 6.07) is 67.6. The summed E-state index contributed by atoms with van der Waals surface area (Å²) in [5.74, 6) is 2.34. The molecule has 0 amide bonds. The second-order valence-corrected chi connectivity index (χ2v) is 18.1. The zero-order valence-corrected chi connectivity index (χ0v) is 37.7. The standard InChI is InChI=1S/C62H58O4/c63-49-35-27-45(28-36-49)61(57-23-13-9-19-53(57)54-20-10-14-24-58(54)61)47-31-39-51(40-32-47)65-43-17-7-5-3-1-2-4-6-8-18-44-66-52-41-33-48(34-42-52)62(46-29-37-50(64)38-30-46)59-25-15-11-21-55(59)56-22-12-16-26-60(56)62/h9-16,19-42,63-64H,1-8,17-18,43-44H2. The molecule has 0 saturated carbocycles. The van der Waals surface area contributed by atoms with E-state index in [-0.39, 0.29) is 11.5 Å². The molecule has 0 bridgehead atoms. The molecule has 0 spiro atoms. The van der Waals surface area contributed by atoms with Crippen molar-refractivity contribution in [1.29, 1.82) is 0 Å². The Hall–Kier alpha value is -7.04. The number of rotatable bonds is 19. The minimum atomic E-state index is -0.483. The lowest BCUT2D eigenvalue weighted by Gasteiger charge is -2.34. The van der Waals surface area contributed by atoms with Gasteiger partial charge < -0.3 is 19.7 Å². The normalized spacial score (nSPS) is 13.6. The van der Waals surface area contributed by atoms with Crippen molar-refractivity contribution in [2.75, 3.05) is 13.2 Å². The van der Waals surface area contributed by atoms with Crippen molar-refractivity contribution in [3.63, 3.8) is 0 Å². The van der Waals surface area contributed by atoms with Crippen LogP contribution in [0.25, 0.3) is 22.3 Å². The first-order chi connectivity index (χ1) is 32.6. The number of phenols is 2. The highest BCUT2D eigenvalue weighted by molar-refractivity contribution is 5.87. The van der Waals surface area contributed by atoms with Crippen LogP contribution in [0, 0.1) is 0 Å². The second-order valence-electron chi connectivity index (χ2n) is 18.1. The molecule has 0 unspecified atom stereocenters. The van der Waals surface area contributed by atoms with Gasteiger partial charge in [-0.2, -0.15) is 0 Å². The highest BCUT2D eigenvalue weighted by Crippen LogP contribution is 2.57. The first kappa shape index (κ1) is 42.9. The van der Waals surface area contributed by atoms with Gasteiger partial charge in [0.1, 0.15) is 23.0 Å². The lowest BCUT2D eigenvalue weighted by atomic mass is 9.68. The third-order valence-electron chi connectivity index (χ3n) is 14.2. The van der Waals surface area contributed by atoms with E-state index < -0.39 is 10.8 Å². The molecule has 0 saturated heterocycles. The van der Waals surface area contributed by atoms with Crippen LogP contribution >= 0.6 is 0 Å². The molecule has 2 aliphatic carbocycles. The fraction of sp³-hybridized carbons (Fsp3) is 0.226. The molecule has 2 aliphatic rings. The number of aromatic hydroxyl groups is 2. The zero-order chi connectivity index (χ0) is 44.8. The van der Waals surface area contributed by atoms with Crippen LogP contribution in [-0.2, 0) is 10.8 Å². The molecule has 66 heavy (non-hydrogen) atoms. The number of fused-ring (bicyclic) bond motifs is 6. The van der Waals surface area contributed by atoms with E-state index >= 15 is 0 Å². The van der Waals surface area contributed by atoms with Gasteiger partial charge in [0, 0.05) is 0 Å². The fourth-order valence-corrected chi connectivity index (χ4v) is 11.1. The molecule has 2 N–H and O–H groups in total. The molecular formula is C62H58O4. The summed E-state index contributed by atoms with van der Waals surface area (Å²) in [7, 11) is 0. The summed E-state index contributed by atoms with van der Waals surface area (Å²) in [6.07, 6.45) is 12.1. The van der Waals surface area contributed by atoms with Crippen LogP contribution in [0.2, 0.25) is 0 Å². The van der Waals surface area contributed by atoms with Gasteiger partial charge in [0.15, 0.2) is 0 Å². The van der Waals surface area contributed by atoms with E-state index in [2.05, 4.69) is 170 Å². The maximum Gasteiger partial charge on any atom is 0.119 e. The Morgan fingerprint density at radius 1 is 0.273 bits per heavy atom. The molecular weight excluding hydrogens is 809 g/mol. The Labute approximate surface area is 390 Å². The Morgan fingerprint density at radius 2 is 0.515 bits per heavy atom. The van der Waals surface area contributed by atoms with Crippen molar-refractivity contribution in [3.8, 4) is 45.3 Å². The SMILES string of the molecule is Oc1ccc(C2(c3ccc(OCCCCCCCCCCCCOc4ccc(C5(c6ccc(O)cc6)c6ccccc6-c6ccccc65)cc4)cc3)c3ccccc3-c3ccccc32)cc1. The molecule has 0 fully saturated rings. The Balaban J connectivity index is 0.643. The van der Waals surface area contributed by atoms with Gasteiger partial charge in [-0.3, -0.25) is 0 Å². The molecule has 4 nitrogen and oxygen atoms in total. The molecule has 0 atom stereocenters. The van der Waals surface area contributed by atoms with Gasteiger partial charge in [0.25, 0.3) is 0 Å². The average Bonchev–Trinajstić information content (AvgIpc) is 3.84. The summed E-state index contributed by atoms with van der Waals surface area (Å²) in [4.78, 5) is 0. The lowest BCUT2D eigenvalue weighted by molar-refractivity contribution is 0.302. The van der Waals surface area contributed by atoms with Crippen LogP contribution in [-0.4, -0.2) is 23.4 Å². The van der Waals surface area contributed by atoms with Crippen LogP contribution in [0.15, 0.2) is 194 Å². The van der Waals surface area contributed by atoms with Crippen LogP contribution < -0.4 is 9.47 Å². The van der Waals surface area contributed by atoms with Gasteiger partial charge >= 0.3 is 0 Å². The molecule has 4 heteroatoms. The van der Waals surface area contributed by atoms with Crippen LogP contribution in [0.4, 0.5) is 0 Å². The molecule has 10 rings (SSSR count). The largest absolute Gasteiger partial charge is 0.508 e. The molecule has 8 aromatic rings. The number of ether oxygens (including phenoxy) is 2. The molecule has 0 radical (unpaired) electrons. The summed E-state index contributed by atoms with van der Waals surface area (Å²) in [5, 5.41) is 20.4. The van der Waals surface area contributed by atoms with Crippen molar-refractivity contribution >= 4 is 0 Å². The Bertz CT molecular complexity index is 2590. The van der Waals surface area contributed by atoms with Crippen LogP contribution in [0.3, 0.4) is 0 Å². The van der Waals surface area contributed by atoms with Crippen LogP contribution in [0.5, 0.6) is 23.0 Å². The van der Waals surface area contributed by atoms with E-state index in [4.69, 9.17) is 9.47 Å². The van der Waals surface area contributed by atoms with Crippen molar-refractivity contribution in [1.82, 2.24) is 0 Å². The van der Waals surface area contributed by atoms with Crippen molar-refractivity contribution in [2.45, 2.75) is 75.0 Å². The lowest BCUT2D eigenvalue weighted by Crippen LogP contribution is -2.28. The Kier molecular flexibility index (Phi) is 12.5. The third kappa shape index (κ3) is 7.93. The number of benzene rings is 8. The summed E-state index contributed by atoms with van der Waals surface area (Å²) in [5.41, 5.74) is 13.7. The smallest absolute Gasteiger partial charge is 0.119 e. The predicted molar refractivity (Wildman–Crippen MR) is 268 cm³/mol. The fourth-order valence-electron chi connectivity index (χ4n) is 11.1. The van der Waals surface area contributed by atoms with Gasteiger partial charge in [-0.15, -0.1) is 0 Å². The van der Waals surface area contributed by atoms with Gasteiger partial charge in [-0.05, 0) is 128 Å². The summed E-state index contributed by atoms with van der Waals surface area (Å²) >= 11 is 0. The molecule has 0 aromatic heterocycles.